The van der Waals surface area contributed by atoms with E-state index in [0.717, 1.165) is 16.8 Å². The molecule has 4 aromatic rings. The maximum Gasteiger partial charge on any atom is 0.337 e. The number of carboxylic acids is 1. The van der Waals surface area contributed by atoms with Gasteiger partial charge in [0.1, 0.15) is 11.6 Å². The van der Waals surface area contributed by atoms with Crippen LogP contribution < -0.4 is 11.1 Å². The van der Waals surface area contributed by atoms with Gasteiger partial charge >= 0.3 is 5.97 Å². The van der Waals surface area contributed by atoms with Crippen LogP contribution in [0.3, 0.4) is 0 Å². The van der Waals surface area contributed by atoms with E-state index in [-0.39, 0.29) is 11.4 Å². The molecule has 0 fully saturated rings. The summed E-state index contributed by atoms with van der Waals surface area (Å²) in [4.78, 5) is 11.6. The zero-order valence-corrected chi connectivity index (χ0v) is 15.9. The molecule has 0 bridgehead atoms. The molecule has 0 aliphatic rings. The van der Waals surface area contributed by atoms with Crippen molar-refractivity contribution in [3.05, 3.63) is 95.8 Å². The summed E-state index contributed by atoms with van der Waals surface area (Å²) in [5.74, 6) is -0.811. The second-order valence-electron chi connectivity index (χ2n) is 6.64. The molecule has 0 saturated heterocycles. The molecule has 1 aromatic heterocycles. The number of hydrogen-bond acceptors (Lipinski definition) is 4. The molecular formula is C23H19FN4O2. The van der Waals surface area contributed by atoms with Crippen molar-refractivity contribution in [2.45, 2.75) is 6.54 Å². The molecule has 0 spiro atoms. The molecule has 4 N–H and O–H groups in total. The Kier molecular flexibility index (Phi) is 5.28. The third-order valence-corrected chi connectivity index (χ3v) is 4.71. The number of aromatic nitrogens is 2. The molecule has 150 valence electrons. The van der Waals surface area contributed by atoms with Gasteiger partial charge in [-0.3, -0.25) is 0 Å². The third-order valence-electron chi connectivity index (χ3n) is 4.71. The van der Waals surface area contributed by atoms with Crippen LogP contribution in [0.15, 0.2) is 78.9 Å². The summed E-state index contributed by atoms with van der Waals surface area (Å²) in [5.41, 5.74) is 9.46. The number of carbonyl (C=O) groups is 1. The monoisotopic (exact) mass is 402 g/mol. The number of rotatable bonds is 6. The largest absolute Gasteiger partial charge is 0.478 e. The molecule has 4 rings (SSSR count). The highest BCUT2D eigenvalue weighted by Crippen LogP contribution is 2.29. The van der Waals surface area contributed by atoms with Crippen LogP contribution >= 0.6 is 0 Å². The first-order chi connectivity index (χ1) is 14.6. The predicted octanol–water partition coefficient (Wildman–Crippen LogP) is 4.58. The molecule has 1 heterocycles. The van der Waals surface area contributed by atoms with Crippen LogP contribution in [-0.4, -0.2) is 20.9 Å². The Morgan fingerprint density at radius 3 is 2.47 bits per heavy atom. The number of benzene rings is 3. The molecule has 0 atom stereocenters. The summed E-state index contributed by atoms with van der Waals surface area (Å²) in [6, 6.07) is 22.0. The minimum atomic E-state index is -1.04. The standard InChI is InChI=1S/C23H19FN4O2/c24-17-11-9-15(10-12-17)20-13-22(26-19-7-3-2-6-18(19)23(29)30)28(27-20)21-8-4-1-5-16(21)14-25/h1-13,26H,14,25H2,(H,29,30). The van der Waals surface area contributed by atoms with E-state index < -0.39 is 5.97 Å². The van der Waals surface area contributed by atoms with Crippen molar-refractivity contribution < 1.29 is 14.3 Å². The predicted molar refractivity (Wildman–Crippen MR) is 114 cm³/mol. The number of nitrogens with zero attached hydrogens (tertiary/aromatic N) is 2. The number of hydrogen-bond donors (Lipinski definition) is 3. The van der Waals surface area contributed by atoms with Gasteiger partial charge in [0.25, 0.3) is 0 Å². The van der Waals surface area contributed by atoms with Crippen LogP contribution in [0.4, 0.5) is 15.9 Å². The third kappa shape index (κ3) is 3.78. The van der Waals surface area contributed by atoms with E-state index in [1.165, 1.54) is 18.2 Å². The van der Waals surface area contributed by atoms with E-state index in [2.05, 4.69) is 10.4 Å². The van der Waals surface area contributed by atoms with Crippen molar-refractivity contribution in [1.82, 2.24) is 9.78 Å². The average molecular weight is 402 g/mol. The van der Waals surface area contributed by atoms with Crippen LogP contribution in [0.5, 0.6) is 0 Å². The van der Waals surface area contributed by atoms with Crippen LogP contribution in [0, 0.1) is 5.82 Å². The summed E-state index contributed by atoms with van der Waals surface area (Å²) in [6.07, 6.45) is 0. The van der Waals surface area contributed by atoms with Crippen molar-refractivity contribution in [3.63, 3.8) is 0 Å². The summed E-state index contributed by atoms with van der Waals surface area (Å²) in [6.45, 7) is 0.313. The Hall–Kier alpha value is -3.97. The van der Waals surface area contributed by atoms with Gasteiger partial charge in [-0.25, -0.2) is 13.9 Å². The normalized spacial score (nSPS) is 10.7. The van der Waals surface area contributed by atoms with Gasteiger partial charge in [-0.2, -0.15) is 5.10 Å². The number of halogens is 1. The van der Waals surface area contributed by atoms with Gasteiger partial charge in [0.05, 0.1) is 22.6 Å². The zero-order valence-electron chi connectivity index (χ0n) is 15.9. The summed E-state index contributed by atoms with van der Waals surface area (Å²) in [7, 11) is 0. The summed E-state index contributed by atoms with van der Waals surface area (Å²) >= 11 is 0. The van der Waals surface area contributed by atoms with Gasteiger partial charge in [0, 0.05) is 18.2 Å². The van der Waals surface area contributed by atoms with Crippen molar-refractivity contribution in [2.24, 2.45) is 5.73 Å². The molecule has 0 radical (unpaired) electrons. The molecular weight excluding hydrogens is 383 g/mol. The van der Waals surface area contributed by atoms with E-state index in [9.17, 15) is 14.3 Å². The van der Waals surface area contributed by atoms with Crippen LogP contribution in [0.25, 0.3) is 16.9 Å². The number of carboxylic acid groups (broad SMARTS) is 1. The number of nitrogens with two attached hydrogens (primary N) is 1. The SMILES string of the molecule is NCc1ccccc1-n1nc(-c2ccc(F)cc2)cc1Nc1ccccc1C(=O)O. The van der Waals surface area contributed by atoms with Gasteiger partial charge in [0.2, 0.25) is 0 Å². The fourth-order valence-corrected chi connectivity index (χ4v) is 3.22. The van der Waals surface area contributed by atoms with Crippen molar-refractivity contribution in [3.8, 4) is 16.9 Å². The fraction of sp³-hybridized carbons (Fsp3) is 0.0435. The topological polar surface area (TPSA) is 93.2 Å². The molecule has 30 heavy (non-hydrogen) atoms. The Balaban J connectivity index is 1.86. The van der Waals surface area contributed by atoms with Gasteiger partial charge in [-0.1, -0.05) is 30.3 Å². The molecule has 0 aliphatic heterocycles. The Morgan fingerprint density at radius 1 is 1.03 bits per heavy atom. The smallest absolute Gasteiger partial charge is 0.337 e. The van der Waals surface area contributed by atoms with Crippen molar-refractivity contribution in [2.75, 3.05) is 5.32 Å². The second kappa shape index (κ2) is 8.18. The minimum Gasteiger partial charge on any atom is -0.478 e. The molecule has 7 heteroatoms. The first-order valence-corrected chi connectivity index (χ1v) is 9.30. The number of para-hydroxylation sites is 2. The second-order valence-corrected chi connectivity index (χ2v) is 6.64. The van der Waals surface area contributed by atoms with E-state index in [1.807, 2.05) is 24.3 Å². The number of aromatic carboxylic acids is 1. The van der Waals surface area contributed by atoms with E-state index in [4.69, 9.17) is 5.73 Å². The van der Waals surface area contributed by atoms with Crippen LogP contribution in [0.2, 0.25) is 0 Å². The van der Waals surface area contributed by atoms with Crippen molar-refractivity contribution in [1.29, 1.82) is 0 Å². The molecule has 6 nitrogen and oxygen atoms in total. The van der Waals surface area contributed by atoms with E-state index in [0.29, 0.717) is 23.7 Å². The molecule has 0 unspecified atom stereocenters. The Bertz CT molecular complexity index is 1200. The maximum atomic E-state index is 13.4. The first-order valence-electron chi connectivity index (χ1n) is 9.30. The summed E-state index contributed by atoms with van der Waals surface area (Å²) < 4.78 is 15.0. The number of anilines is 2. The quantitative estimate of drug-likeness (QED) is 0.439. The Morgan fingerprint density at radius 2 is 1.73 bits per heavy atom. The molecule has 3 aromatic carbocycles. The van der Waals surface area contributed by atoms with E-state index >= 15 is 0 Å². The fourth-order valence-electron chi connectivity index (χ4n) is 3.22. The van der Waals surface area contributed by atoms with Gasteiger partial charge < -0.3 is 16.2 Å². The van der Waals surface area contributed by atoms with Crippen LogP contribution in [-0.2, 0) is 6.54 Å². The number of nitrogens with one attached hydrogen (secondary N) is 1. The molecule has 0 saturated carbocycles. The lowest BCUT2D eigenvalue weighted by molar-refractivity contribution is 0.0698. The lowest BCUT2D eigenvalue weighted by Crippen LogP contribution is -2.09. The zero-order chi connectivity index (χ0) is 21.1. The highest BCUT2D eigenvalue weighted by Gasteiger charge is 2.16. The Labute approximate surface area is 172 Å². The average Bonchev–Trinajstić information content (AvgIpc) is 3.18. The van der Waals surface area contributed by atoms with Crippen molar-refractivity contribution >= 4 is 17.5 Å². The molecule has 0 aliphatic carbocycles. The maximum absolute atomic E-state index is 13.4. The van der Waals surface area contributed by atoms with Gasteiger partial charge in [-0.15, -0.1) is 0 Å². The van der Waals surface area contributed by atoms with Crippen LogP contribution in [0.1, 0.15) is 15.9 Å². The summed E-state index contributed by atoms with van der Waals surface area (Å²) in [5, 5.41) is 17.4. The van der Waals surface area contributed by atoms with Gasteiger partial charge in [0.15, 0.2) is 0 Å². The minimum absolute atomic E-state index is 0.140. The highest BCUT2D eigenvalue weighted by molar-refractivity contribution is 5.95. The first kappa shape index (κ1) is 19.4. The lowest BCUT2D eigenvalue weighted by Gasteiger charge is -2.14. The highest BCUT2D eigenvalue weighted by atomic mass is 19.1. The lowest BCUT2D eigenvalue weighted by atomic mass is 10.1. The van der Waals surface area contributed by atoms with Gasteiger partial charge in [-0.05, 0) is 48.0 Å². The molecule has 0 amide bonds. The van der Waals surface area contributed by atoms with E-state index in [1.54, 1.807) is 41.1 Å².